The highest BCUT2D eigenvalue weighted by Crippen LogP contribution is 2.19. The van der Waals surface area contributed by atoms with Crippen molar-refractivity contribution in [3.63, 3.8) is 0 Å². The largest absolute Gasteiger partial charge is 0.478 e. The van der Waals surface area contributed by atoms with Crippen LogP contribution in [0.1, 0.15) is 31.2 Å². The van der Waals surface area contributed by atoms with E-state index in [-0.39, 0.29) is 22.1 Å². The van der Waals surface area contributed by atoms with Crippen LogP contribution in [0.25, 0.3) is 0 Å². The summed E-state index contributed by atoms with van der Waals surface area (Å²) in [5, 5.41) is 13.1. The average Bonchev–Trinajstić information content (AvgIpc) is 2.96. The number of hydrogen-bond donors (Lipinski definition) is 2. The van der Waals surface area contributed by atoms with Gasteiger partial charge in [-0.25, -0.2) is 10.2 Å². The highest BCUT2D eigenvalue weighted by atomic mass is 79.9. The zero-order valence-electron chi connectivity index (χ0n) is 14.6. The van der Waals surface area contributed by atoms with Crippen LogP contribution in [0.5, 0.6) is 0 Å². The molecule has 0 aliphatic rings. The van der Waals surface area contributed by atoms with Crippen LogP contribution in [0.15, 0.2) is 62.9 Å². The Labute approximate surface area is 182 Å². The van der Waals surface area contributed by atoms with Crippen molar-refractivity contribution in [3.05, 3.63) is 89.4 Å². The molecule has 29 heavy (non-hydrogen) atoms. The van der Waals surface area contributed by atoms with Gasteiger partial charge in [-0.2, -0.15) is 5.10 Å². The van der Waals surface area contributed by atoms with E-state index < -0.39 is 11.9 Å². The lowest BCUT2D eigenvalue weighted by molar-refractivity contribution is 0.0696. The normalized spacial score (nSPS) is 11.0. The number of carboxylic acid groups (broad SMARTS) is 1. The Hall–Kier alpha value is -2.75. The number of aromatic carboxylic acids is 1. The maximum absolute atomic E-state index is 12.3. The highest BCUT2D eigenvalue weighted by molar-refractivity contribution is 9.10. The summed E-state index contributed by atoms with van der Waals surface area (Å²) in [6.45, 7) is 0.118. The van der Waals surface area contributed by atoms with Gasteiger partial charge < -0.3 is 5.11 Å². The molecule has 0 aliphatic carbocycles. The van der Waals surface area contributed by atoms with Crippen molar-refractivity contribution in [3.8, 4) is 0 Å². The van der Waals surface area contributed by atoms with E-state index in [1.54, 1.807) is 36.4 Å². The molecule has 148 valence electrons. The summed E-state index contributed by atoms with van der Waals surface area (Å²) in [5.41, 5.74) is 3.55. The van der Waals surface area contributed by atoms with Crippen LogP contribution in [0.3, 0.4) is 0 Å². The van der Waals surface area contributed by atoms with Crippen LogP contribution in [-0.2, 0) is 6.54 Å². The second-order valence-electron chi connectivity index (χ2n) is 5.79. The van der Waals surface area contributed by atoms with Crippen molar-refractivity contribution in [1.82, 2.24) is 9.99 Å². The summed E-state index contributed by atoms with van der Waals surface area (Å²) < 4.78 is 1.94. The smallest absolute Gasteiger partial charge is 0.335 e. The summed E-state index contributed by atoms with van der Waals surface area (Å²) in [4.78, 5) is 35.6. The average molecular weight is 495 g/mol. The van der Waals surface area contributed by atoms with Crippen molar-refractivity contribution < 1.29 is 14.7 Å². The number of hydrogen-bond acceptors (Lipinski definition) is 5. The lowest BCUT2D eigenvalue weighted by Gasteiger charge is -2.05. The first-order valence-electron chi connectivity index (χ1n) is 8.16. The van der Waals surface area contributed by atoms with Crippen LogP contribution in [0, 0.1) is 0 Å². The number of nitrogens with one attached hydrogen (secondary N) is 1. The Kier molecular flexibility index (Phi) is 6.63. The van der Waals surface area contributed by atoms with Gasteiger partial charge in [0.25, 0.3) is 5.91 Å². The quantitative estimate of drug-likeness (QED) is 0.402. The number of carboxylic acids is 1. The topological polar surface area (TPSA) is 101 Å². The zero-order chi connectivity index (χ0) is 21.0. The third kappa shape index (κ3) is 5.00. The van der Waals surface area contributed by atoms with Crippen LogP contribution < -0.4 is 10.3 Å². The molecular weight excluding hydrogens is 482 g/mol. The Bertz CT molecular complexity index is 1170. The molecule has 0 unspecified atom stereocenters. The first kappa shape index (κ1) is 21.0. The lowest BCUT2D eigenvalue weighted by atomic mass is 10.1. The molecule has 7 nitrogen and oxygen atoms in total. The molecule has 3 aromatic rings. The summed E-state index contributed by atoms with van der Waals surface area (Å²) >= 11 is 10.4. The van der Waals surface area contributed by atoms with Crippen LogP contribution in [0.2, 0.25) is 5.15 Å². The van der Waals surface area contributed by atoms with Gasteiger partial charge in [0.05, 0.1) is 28.8 Å². The molecule has 0 atom stereocenters. The van der Waals surface area contributed by atoms with E-state index in [4.69, 9.17) is 16.7 Å². The molecule has 0 aliphatic heterocycles. The van der Waals surface area contributed by atoms with Crippen LogP contribution in [-0.4, -0.2) is 27.8 Å². The Morgan fingerprint density at radius 2 is 2.00 bits per heavy atom. The fourth-order valence-electron chi connectivity index (χ4n) is 2.46. The fraction of sp³-hybridized carbons (Fsp3) is 0.0526. The van der Waals surface area contributed by atoms with E-state index in [2.05, 4.69) is 26.5 Å². The van der Waals surface area contributed by atoms with E-state index in [1.807, 2.05) is 0 Å². The molecule has 1 aromatic heterocycles. The molecule has 0 saturated heterocycles. The van der Waals surface area contributed by atoms with E-state index in [0.717, 1.165) is 11.3 Å². The first-order chi connectivity index (χ1) is 13.9. The molecular formula is C19H13BrClN3O4S. The molecule has 1 amide bonds. The van der Waals surface area contributed by atoms with Crippen LogP contribution >= 0.6 is 38.9 Å². The molecule has 2 N–H and O–H groups in total. The van der Waals surface area contributed by atoms with Gasteiger partial charge >= 0.3 is 10.8 Å². The van der Waals surface area contributed by atoms with Crippen molar-refractivity contribution in [1.29, 1.82) is 0 Å². The summed E-state index contributed by atoms with van der Waals surface area (Å²) in [6, 6.07) is 13.1. The second-order valence-corrected chi connectivity index (χ2v) is 8.00. The van der Waals surface area contributed by atoms with Crippen molar-refractivity contribution in [2.24, 2.45) is 5.10 Å². The predicted molar refractivity (Wildman–Crippen MR) is 115 cm³/mol. The molecule has 0 bridgehead atoms. The molecule has 2 aromatic carbocycles. The van der Waals surface area contributed by atoms with Gasteiger partial charge in [0, 0.05) is 4.47 Å². The van der Waals surface area contributed by atoms with Gasteiger partial charge in [0.1, 0.15) is 5.15 Å². The number of halogens is 2. The van der Waals surface area contributed by atoms with Gasteiger partial charge in [-0.15, -0.1) is 0 Å². The van der Waals surface area contributed by atoms with Crippen molar-refractivity contribution >= 4 is 57.0 Å². The van der Waals surface area contributed by atoms with Gasteiger partial charge in [0.15, 0.2) is 0 Å². The lowest BCUT2D eigenvalue weighted by Crippen LogP contribution is -2.18. The number of nitrogens with zero attached hydrogens (tertiary/aromatic N) is 2. The molecule has 0 saturated carbocycles. The van der Waals surface area contributed by atoms with E-state index in [9.17, 15) is 14.4 Å². The number of benzene rings is 2. The van der Waals surface area contributed by atoms with E-state index in [0.29, 0.717) is 20.5 Å². The van der Waals surface area contributed by atoms with E-state index in [1.165, 1.54) is 22.9 Å². The number of carbonyl (C=O) groups excluding carboxylic acids is 1. The monoisotopic (exact) mass is 493 g/mol. The van der Waals surface area contributed by atoms with Crippen molar-refractivity contribution in [2.75, 3.05) is 0 Å². The third-order valence-electron chi connectivity index (χ3n) is 3.84. The Morgan fingerprint density at radius 1 is 1.24 bits per heavy atom. The SMILES string of the molecule is O=C(O)c1cccc(Cn2c(Cl)c(/C=N/NC(=O)c3ccccc3Br)sc2=O)c1. The number of aromatic nitrogens is 1. The number of carbonyl (C=O) groups is 2. The zero-order valence-corrected chi connectivity index (χ0v) is 17.8. The second kappa shape index (κ2) is 9.17. The summed E-state index contributed by atoms with van der Waals surface area (Å²) in [6.07, 6.45) is 1.30. The minimum Gasteiger partial charge on any atom is -0.478 e. The number of amides is 1. The summed E-state index contributed by atoms with van der Waals surface area (Å²) in [7, 11) is 0. The van der Waals surface area contributed by atoms with Gasteiger partial charge in [-0.05, 0) is 45.8 Å². The maximum atomic E-state index is 12.3. The third-order valence-corrected chi connectivity index (χ3v) is 5.96. The maximum Gasteiger partial charge on any atom is 0.335 e. The van der Waals surface area contributed by atoms with Gasteiger partial charge in [-0.3, -0.25) is 14.2 Å². The highest BCUT2D eigenvalue weighted by Gasteiger charge is 2.13. The predicted octanol–water partition coefficient (Wildman–Crippen LogP) is 3.84. The van der Waals surface area contributed by atoms with E-state index >= 15 is 0 Å². The first-order valence-corrected chi connectivity index (χ1v) is 10.1. The minimum atomic E-state index is -1.05. The standard InChI is InChI=1S/C19H13BrClN3O4S/c20-14-7-2-1-6-13(14)17(25)23-22-9-15-16(21)24(19(28)29-15)10-11-4-3-5-12(8-11)18(26)27/h1-9H,10H2,(H,23,25)(H,26,27)/b22-9+. The van der Waals surface area contributed by atoms with Gasteiger partial charge in [0.2, 0.25) is 0 Å². The number of hydrazone groups is 1. The minimum absolute atomic E-state index is 0.118. The van der Waals surface area contributed by atoms with Gasteiger partial charge in [-0.1, -0.05) is 47.2 Å². The number of thiazole rings is 1. The summed E-state index contributed by atoms with van der Waals surface area (Å²) in [5.74, 6) is -1.47. The molecule has 3 rings (SSSR count). The molecule has 0 spiro atoms. The fourth-order valence-corrected chi connectivity index (χ4v) is 4.03. The molecule has 0 radical (unpaired) electrons. The van der Waals surface area contributed by atoms with Crippen molar-refractivity contribution in [2.45, 2.75) is 6.54 Å². The van der Waals surface area contributed by atoms with Crippen LogP contribution in [0.4, 0.5) is 0 Å². The Balaban J connectivity index is 1.76. The Morgan fingerprint density at radius 3 is 2.72 bits per heavy atom. The number of rotatable bonds is 6. The molecule has 1 heterocycles. The molecule has 0 fully saturated rings. The molecule has 10 heteroatoms.